The average Bonchev–Trinajstić information content (AvgIpc) is 2.48. The predicted octanol–water partition coefficient (Wildman–Crippen LogP) is 2.14. The number of carboxylic acid groups (broad SMARTS) is 1. The molecule has 0 unspecified atom stereocenters. The van der Waals surface area contributed by atoms with Gasteiger partial charge in [-0.2, -0.15) is 0 Å². The molecule has 0 amide bonds. The summed E-state index contributed by atoms with van der Waals surface area (Å²) in [6.07, 6.45) is 0. The lowest BCUT2D eigenvalue weighted by atomic mass is 10.2. The van der Waals surface area contributed by atoms with Gasteiger partial charge in [-0.3, -0.25) is 0 Å². The van der Waals surface area contributed by atoms with Crippen LogP contribution < -0.4 is 14.2 Å². The third-order valence-electron chi connectivity index (χ3n) is 2.31. The number of methoxy groups -OCH3 is 2. The van der Waals surface area contributed by atoms with Crippen molar-refractivity contribution in [2.75, 3.05) is 14.2 Å². The number of halogens is 1. The lowest BCUT2D eigenvalue weighted by Gasteiger charge is -2.09. The zero-order valence-electron chi connectivity index (χ0n) is 11.0. The van der Waals surface area contributed by atoms with Crippen molar-refractivity contribution in [3.05, 3.63) is 28.2 Å². The van der Waals surface area contributed by atoms with Gasteiger partial charge in [0.15, 0.2) is 0 Å². The molecule has 0 aliphatic rings. The third-order valence-corrected chi connectivity index (χ3v) is 2.81. The molecule has 9 heteroatoms. The highest BCUT2D eigenvalue weighted by atomic mass is 79.9. The summed E-state index contributed by atoms with van der Waals surface area (Å²) >= 11 is 3.20. The smallest absolute Gasteiger partial charge is 0.339 e. The van der Waals surface area contributed by atoms with Gasteiger partial charge in [0.1, 0.15) is 11.3 Å². The molecule has 1 aromatic carbocycles. The molecule has 0 saturated heterocycles. The van der Waals surface area contributed by atoms with Crippen LogP contribution in [0.3, 0.4) is 0 Å². The van der Waals surface area contributed by atoms with E-state index < -0.39 is 5.97 Å². The molecule has 8 nitrogen and oxygen atoms in total. The monoisotopic (exact) mass is 355 g/mol. The Morgan fingerprint density at radius 2 is 1.67 bits per heavy atom. The van der Waals surface area contributed by atoms with Crippen LogP contribution in [-0.2, 0) is 0 Å². The van der Waals surface area contributed by atoms with Crippen molar-refractivity contribution >= 4 is 21.9 Å². The summed E-state index contributed by atoms with van der Waals surface area (Å²) in [5.41, 5.74) is -0.0391. The molecule has 0 spiro atoms. The van der Waals surface area contributed by atoms with E-state index in [0.29, 0.717) is 4.47 Å². The maximum atomic E-state index is 11.2. The van der Waals surface area contributed by atoms with Gasteiger partial charge in [-0.15, -0.1) is 15.0 Å². The second kappa shape index (κ2) is 6.35. The maximum absolute atomic E-state index is 11.2. The van der Waals surface area contributed by atoms with Crippen LogP contribution in [-0.4, -0.2) is 40.2 Å². The molecule has 0 radical (unpaired) electrons. The molecule has 0 bridgehead atoms. The van der Waals surface area contributed by atoms with Crippen molar-refractivity contribution in [3.8, 4) is 23.8 Å². The quantitative estimate of drug-likeness (QED) is 0.869. The van der Waals surface area contributed by atoms with Crippen LogP contribution in [0.5, 0.6) is 23.8 Å². The van der Waals surface area contributed by atoms with Crippen molar-refractivity contribution < 1.29 is 24.1 Å². The Bertz CT molecular complexity index is 658. The highest BCUT2D eigenvalue weighted by molar-refractivity contribution is 9.10. The number of aromatic nitrogens is 3. The maximum Gasteiger partial charge on any atom is 0.339 e. The number of aromatic carboxylic acids is 1. The van der Waals surface area contributed by atoms with Gasteiger partial charge in [0.25, 0.3) is 0 Å². The molecule has 0 fully saturated rings. The number of benzene rings is 1. The van der Waals surface area contributed by atoms with Crippen LogP contribution in [0.2, 0.25) is 0 Å². The molecule has 0 saturated carbocycles. The predicted molar refractivity (Wildman–Crippen MR) is 74.1 cm³/mol. The normalized spacial score (nSPS) is 10.0. The van der Waals surface area contributed by atoms with E-state index in [0.717, 1.165) is 0 Å². The van der Waals surface area contributed by atoms with Gasteiger partial charge in [-0.1, -0.05) is 15.9 Å². The van der Waals surface area contributed by atoms with Gasteiger partial charge in [-0.25, -0.2) is 4.79 Å². The van der Waals surface area contributed by atoms with Crippen LogP contribution in [0, 0.1) is 0 Å². The summed E-state index contributed by atoms with van der Waals surface area (Å²) in [6.45, 7) is 0. The van der Waals surface area contributed by atoms with Gasteiger partial charge < -0.3 is 19.3 Å². The first-order chi connectivity index (χ1) is 10.0. The summed E-state index contributed by atoms with van der Waals surface area (Å²) in [6, 6.07) is 4.38. The lowest BCUT2D eigenvalue weighted by Crippen LogP contribution is -2.04. The van der Waals surface area contributed by atoms with Gasteiger partial charge in [-0.05, 0) is 18.2 Å². The molecular formula is C12H10BrN3O5. The SMILES string of the molecule is COc1nc(OC)nc(Oc2ccc(Br)cc2C(=O)O)n1. The molecule has 2 rings (SSSR count). The van der Waals surface area contributed by atoms with Crippen molar-refractivity contribution in [1.82, 2.24) is 15.0 Å². The number of nitrogens with zero attached hydrogens (tertiary/aromatic N) is 3. The van der Waals surface area contributed by atoms with Gasteiger partial charge in [0.05, 0.1) is 14.2 Å². The second-order valence-electron chi connectivity index (χ2n) is 3.64. The molecule has 1 aromatic heterocycles. The number of hydrogen-bond donors (Lipinski definition) is 1. The fourth-order valence-electron chi connectivity index (χ4n) is 1.41. The average molecular weight is 356 g/mol. The summed E-state index contributed by atoms with van der Waals surface area (Å²) in [4.78, 5) is 22.8. The van der Waals surface area contributed by atoms with Crippen molar-refractivity contribution in [2.24, 2.45) is 0 Å². The van der Waals surface area contributed by atoms with E-state index in [9.17, 15) is 4.79 Å². The molecular weight excluding hydrogens is 346 g/mol. The van der Waals surface area contributed by atoms with E-state index in [-0.39, 0.29) is 29.3 Å². The number of rotatable bonds is 5. The first-order valence-electron chi connectivity index (χ1n) is 5.58. The van der Waals surface area contributed by atoms with Gasteiger partial charge in [0.2, 0.25) is 0 Å². The third kappa shape index (κ3) is 3.57. The van der Waals surface area contributed by atoms with Gasteiger partial charge in [0, 0.05) is 4.47 Å². The number of carbonyl (C=O) groups is 1. The fourth-order valence-corrected chi connectivity index (χ4v) is 1.77. The molecule has 110 valence electrons. The largest absolute Gasteiger partial charge is 0.478 e. The Kier molecular flexibility index (Phi) is 4.53. The summed E-state index contributed by atoms with van der Waals surface area (Å²) < 4.78 is 15.8. The highest BCUT2D eigenvalue weighted by Gasteiger charge is 2.15. The Labute approximate surface area is 127 Å². The number of carboxylic acids is 1. The van der Waals surface area contributed by atoms with E-state index in [1.807, 2.05) is 0 Å². The summed E-state index contributed by atoms with van der Waals surface area (Å²) in [5.74, 6) is -1.06. The fraction of sp³-hybridized carbons (Fsp3) is 0.167. The first-order valence-corrected chi connectivity index (χ1v) is 6.37. The zero-order chi connectivity index (χ0) is 15.4. The summed E-state index contributed by atoms with van der Waals surface area (Å²) in [5, 5.41) is 9.17. The minimum Gasteiger partial charge on any atom is -0.478 e. The molecule has 0 aliphatic carbocycles. The zero-order valence-corrected chi connectivity index (χ0v) is 12.6. The van der Waals surface area contributed by atoms with Crippen LogP contribution in [0.25, 0.3) is 0 Å². The molecule has 0 aliphatic heterocycles. The van der Waals surface area contributed by atoms with Crippen molar-refractivity contribution in [2.45, 2.75) is 0 Å². The highest BCUT2D eigenvalue weighted by Crippen LogP contribution is 2.27. The minimum absolute atomic E-state index is 0.00848. The van der Waals surface area contributed by atoms with E-state index in [1.165, 1.54) is 26.4 Å². The second-order valence-corrected chi connectivity index (χ2v) is 4.55. The lowest BCUT2D eigenvalue weighted by molar-refractivity contribution is 0.0694. The Hall–Kier alpha value is -2.42. The summed E-state index contributed by atoms with van der Waals surface area (Å²) in [7, 11) is 2.75. The van der Waals surface area contributed by atoms with Gasteiger partial charge >= 0.3 is 24.0 Å². The first kappa shape index (κ1) is 15.0. The molecule has 2 aromatic rings. The van der Waals surface area contributed by atoms with Crippen LogP contribution in [0.4, 0.5) is 0 Å². The minimum atomic E-state index is -1.14. The molecule has 21 heavy (non-hydrogen) atoms. The van der Waals surface area contributed by atoms with E-state index >= 15 is 0 Å². The topological polar surface area (TPSA) is 104 Å². The molecule has 1 heterocycles. The molecule has 1 N–H and O–H groups in total. The Balaban J connectivity index is 2.40. The number of hydrogen-bond acceptors (Lipinski definition) is 7. The Morgan fingerprint density at radius 3 is 2.19 bits per heavy atom. The standard InChI is InChI=1S/C12H10BrN3O5/c1-19-10-14-11(20-2)16-12(15-10)21-8-4-3-6(13)5-7(8)9(17)18/h3-5H,1-2H3,(H,17,18). The van der Waals surface area contributed by atoms with Crippen LogP contribution in [0.15, 0.2) is 22.7 Å². The van der Waals surface area contributed by atoms with E-state index in [2.05, 4.69) is 30.9 Å². The Morgan fingerprint density at radius 1 is 1.10 bits per heavy atom. The van der Waals surface area contributed by atoms with Crippen molar-refractivity contribution in [3.63, 3.8) is 0 Å². The number of ether oxygens (including phenoxy) is 3. The van der Waals surface area contributed by atoms with E-state index in [1.54, 1.807) is 6.07 Å². The van der Waals surface area contributed by atoms with Crippen LogP contribution >= 0.6 is 15.9 Å². The van der Waals surface area contributed by atoms with Crippen LogP contribution in [0.1, 0.15) is 10.4 Å². The van der Waals surface area contributed by atoms with Crippen molar-refractivity contribution in [1.29, 1.82) is 0 Å². The van der Waals surface area contributed by atoms with E-state index in [4.69, 9.17) is 19.3 Å². The molecule has 0 atom stereocenters.